The molecule has 0 fully saturated rings. The van der Waals surface area contributed by atoms with Crippen LogP contribution in [0.25, 0.3) is 39.2 Å². The first-order chi connectivity index (χ1) is 23.2. The van der Waals surface area contributed by atoms with Crippen LogP contribution in [0, 0.1) is 18.6 Å². The summed E-state index contributed by atoms with van der Waals surface area (Å²) < 4.78 is 34.9. The number of aromatic nitrogens is 8. The van der Waals surface area contributed by atoms with Crippen molar-refractivity contribution < 1.29 is 13.6 Å². The van der Waals surface area contributed by atoms with Crippen LogP contribution in [0.1, 0.15) is 54.3 Å². The Labute approximate surface area is 274 Å². The Morgan fingerprint density at radius 3 is 2.44 bits per heavy atom. The molecule has 4 aromatic heterocycles. The van der Waals surface area contributed by atoms with Gasteiger partial charge >= 0.3 is 0 Å². The lowest BCUT2D eigenvalue weighted by Crippen LogP contribution is -2.13. The van der Waals surface area contributed by atoms with Gasteiger partial charge in [0.2, 0.25) is 0 Å². The molecule has 4 heterocycles. The van der Waals surface area contributed by atoms with Gasteiger partial charge in [0, 0.05) is 35.2 Å². The molecule has 0 unspecified atom stereocenters. The van der Waals surface area contributed by atoms with Crippen molar-refractivity contribution in [3.05, 3.63) is 126 Å². The van der Waals surface area contributed by atoms with E-state index in [4.69, 9.17) is 4.98 Å². The molecular weight excluding hydrogens is 612 g/mol. The van der Waals surface area contributed by atoms with Gasteiger partial charge in [-0.2, -0.15) is 10.2 Å². The monoisotopic (exact) mass is 643 g/mol. The number of rotatable bonds is 8. The number of anilines is 1. The van der Waals surface area contributed by atoms with Crippen LogP contribution in [0.5, 0.6) is 0 Å². The lowest BCUT2D eigenvalue weighted by Gasteiger charge is -2.13. The Morgan fingerprint density at radius 1 is 0.896 bits per heavy atom. The number of pyridine rings is 1. The molecule has 0 bridgehead atoms. The largest absolute Gasteiger partial charge is 0.322 e. The van der Waals surface area contributed by atoms with Crippen molar-refractivity contribution in [3.8, 4) is 28.2 Å². The molecule has 12 heteroatoms. The first-order valence-electron chi connectivity index (χ1n) is 15.4. The SMILES string of the molecule is Cc1ccc(-c2cc(C(=O)Nc3ccc(F)c(-c4cn([C@H](C)c5ccc(-n6cccn6)c(F)c5)nn4)c3)c3cnn(C(C)C)c3n2)cc1. The van der Waals surface area contributed by atoms with Crippen LogP contribution in [0.15, 0.2) is 97.6 Å². The van der Waals surface area contributed by atoms with Crippen LogP contribution in [-0.2, 0) is 0 Å². The second-order valence-electron chi connectivity index (χ2n) is 11.9. The zero-order valence-corrected chi connectivity index (χ0v) is 26.6. The minimum Gasteiger partial charge on any atom is -0.322 e. The first-order valence-corrected chi connectivity index (χ1v) is 15.4. The molecule has 1 atom stereocenters. The zero-order chi connectivity index (χ0) is 33.5. The number of aryl methyl sites for hydroxylation is 1. The summed E-state index contributed by atoms with van der Waals surface area (Å²) in [4.78, 5) is 18.7. The highest BCUT2D eigenvalue weighted by atomic mass is 19.1. The van der Waals surface area contributed by atoms with Crippen LogP contribution < -0.4 is 5.32 Å². The number of nitrogens with one attached hydrogen (secondary N) is 1. The van der Waals surface area contributed by atoms with E-state index in [1.54, 1.807) is 53.7 Å². The fourth-order valence-electron chi connectivity index (χ4n) is 5.58. The Kier molecular flexibility index (Phi) is 7.83. The molecule has 1 amide bonds. The van der Waals surface area contributed by atoms with Crippen molar-refractivity contribution in [2.24, 2.45) is 0 Å². The molecule has 48 heavy (non-hydrogen) atoms. The Hall–Kier alpha value is -6.04. The molecule has 0 spiro atoms. The first kappa shape index (κ1) is 30.6. The van der Waals surface area contributed by atoms with Crippen LogP contribution in [0.2, 0.25) is 0 Å². The zero-order valence-electron chi connectivity index (χ0n) is 26.6. The van der Waals surface area contributed by atoms with Gasteiger partial charge < -0.3 is 5.32 Å². The third-order valence-corrected chi connectivity index (χ3v) is 8.26. The van der Waals surface area contributed by atoms with Gasteiger partial charge in [0.05, 0.1) is 35.1 Å². The number of halogens is 2. The molecular formula is C36H31F2N9O. The third kappa shape index (κ3) is 5.72. The van der Waals surface area contributed by atoms with E-state index in [-0.39, 0.29) is 17.3 Å². The van der Waals surface area contributed by atoms with Crippen LogP contribution >= 0.6 is 0 Å². The number of carbonyl (C=O) groups is 1. The highest BCUT2D eigenvalue weighted by molar-refractivity contribution is 6.12. The second-order valence-corrected chi connectivity index (χ2v) is 11.9. The maximum Gasteiger partial charge on any atom is 0.256 e. The van der Waals surface area contributed by atoms with E-state index in [1.807, 2.05) is 52.0 Å². The normalized spacial score (nSPS) is 12.1. The quantitative estimate of drug-likeness (QED) is 0.183. The van der Waals surface area contributed by atoms with E-state index in [9.17, 15) is 9.18 Å². The van der Waals surface area contributed by atoms with E-state index < -0.39 is 23.6 Å². The van der Waals surface area contributed by atoms with Gasteiger partial charge in [-0.1, -0.05) is 41.1 Å². The minimum absolute atomic E-state index is 0.0236. The molecule has 0 aliphatic rings. The highest BCUT2D eigenvalue weighted by Crippen LogP contribution is 2.30. The summed E-state index contributed by atoms with van der Waals surface area (Å²) in [5.41, 5.74) is 5.35. The Balaban J connectivity index is 1.17. The van der Waals surface area contributed by atoms with Crippen LogP contribution in [0.3, 0.4) is 0 Å². The van der Waals surface area contributed by atoms with E-state index >= 15 is 4.39 Å². The van der Waals surface area contributed by atoms with Crippen molar-refractivity contribution in [1.82, 2.24) is 39.5 Å². The lowest BCUT2D eigenvalue weighted by molar-refractivity contribution is 0.102. The number of hydrogen-bond acceptors (Lipinski definition) is 6. The maximum absolute atomic E-state index is 15.2. The summed E-state index contributed by atoms with van der Waals surface area (Å²) in [5, 5.41) is 20.5. The van der Waals surface area contributed by atoms with E-state index in [1.165, 1.54) is 33.6 Å². The summed E-state index contributed by atoms with van der Waals surface area (Å²) in [7, 11) is 0. The Bertz CT molecular complexity index is 2270. The molecule has 240 valence electrons. The molecule has 0 aliphatic carbocycles. The van der Waals surface area contributed by atoms with Crippen molar-refractivity contribution in [1.29, 1.82) is 0 Å². The van der Waals surface area contributed by atoms with Gasteiger partial charge in [-0.05, 0) is 75.7 Å². The van der Waals surface area contributed by atoms with Gasteiger partial charge in [-0.25, -0.2) is 27.8 Å². The molecule has 0 aliphatic heterocycles. The van der Waals surface area contributed by atoms with Gasteiger partial charge in [0.15, 0.2) is 5.65 Å². The molecule has 10 nitrogen and oxygen atoms in total. The van der Waals surface area contributed by atoms with Gasteiger partial charge in [-0.3, -0.25) is 4.79 Å². The molecule has 3 aromatic carbocycles. The number of carbonyl (C=O) groups excluding carboxylic acids is 1. The van der Waals surface area contributed by atoms with Crippen molar-refractivity contribution in [2.45, 2.75) is 39.8 Å². The van der Waals surface area contributed by atoms with E-state index in [2.05, 4.69) is 25.8 Å². The van der Waals surface area contributed by atoms with Gasteiger partial charge in [-0.15, -0.1) is 5.10 Å². The van der Waals surface area contributed by atoms with Crippen molar-refractivity contribution in [2.75, 3.05) is 5.32 Å². The second kappa shape index (κ2) is 12.3. The summed E-state index contributed by atoms with van der Waals surface area (Å²) in [6.07, 6.45) is 6.48. The number of amides is 1. The summed E-state index contributed by atoms with van der Waals surface area (Å²) in [6, 6.07) is 20.1. The molecule has 0 saturated carbocycles. The number of hydrogen-bond donors (Lipinski definition) is 1. The third-order valence-electron chi connectivity index (χ3n) is 8.26. The summed E-state index contributed by atoms with van der Waals surface area (Å²) in [6.45, 7) is 7.85. The van der Waals surface area contributed by atoms with Gasteiger partial charge in [0.1, 0.15) is 23.0 Å². The van der Waals surface area contributed by atoms with Crippen molar-refractivity contribution >= 4 is 22.6 Å². The molecule has 7 rings (SSSR count). The average molecular weight is 644 g/mol. The van der Waals surface area contributed by atoms with Crippen LogP contribution in [-0.4, -0.2) is 45.4 Å². The minimum atomic E-state index is -0.534. The smallest absolute Gasteiger partial charge is 0.256 e. The lowest BCUT2D eigenvalue weighted by atomic mass is 10.0. The fourth-order valence-corrected chi connectivity index (χ4v) is 5.58. The molecule has 7 aromatic rings. The van der Waals surface area contributed by atoms with Gasteiger partial charge in [0.25, 0.3) is 5.91 Å². The highest BCUT2D eigenvalue weighted by Gasteiger charge is 2.21. The number of nitrogens with zero attached hydrogens (tertiary/aromatic N) is 8. The summed E-state index contributed by atoms with van der Waals surface area (Å²) in [5.74, 6) is -1.37. The van der Waals surface area contributed by atoms with E-state index in [0.29, 0.717) is 39.2 Å². The van der Waals surface area contributed by atoms with Crippen LogP contribution in [0.4, 0.5) is 14.5 Å². The topological polar surface area (TPSA) is 108 Å². The van der Waals surface area contributed by atoms with Crippen molar-refractivity contribution in [3.63, 3.8) is 0 Å². The summed E-state index contributed by atoms with van der Waals surface area (Å²) >= 11 is 0. The standard InChI is InChI=1S/C36H31F2N9O/c1-21(2)47-35-29(19-40-47)27(18-32(42-35)24-8-6-22(3)7-9-24)36(48)41-26-11-12-30(37)28(17-26)33-20-46(44-43-33)23(4)25-10-13-34(31(38)16-25)45-15-5-14-39-45/h5-21,23H,1-4H3,(H,41,48)/t23-/m1/s1. The predicted molar refractivity (Wildman–Crippen MR) is 179 cm³/mol. The average Bonchev–Trinajstić information content (AvgIpc) is 3.87. The van der Waals surface area contributed by atoms with E-state index in [0.717, 1.165) is 11.1 Å². The fraction of sp³-hybridized carbons (Fsp3) is 0.167. The number of fused-ring (bicyclic) bond motifs is 1. The maximum atomic E-state index is 15.2. The number of benzene rings is 3. The Morgan fingerprint density at radius 2 is 1.71 bits per heavy atom. The molecule has 0 radical (unpaired) electrons. The molecule has 0 saturated heterocycles. The molecule has 1 N–H and O–H groups in total. The predicted octanol–water partition coefficient (Wildman–Crippen LogP) is 7.57.